The van der Waals surface area contributed by atoms with Crippen LogP contribution in [0.2, 0.25) is 0 Å². The van der Waals surface area contributed by atoms with Crippen LogP contribution >= 0.6 is 0 Å². The molecule has 0 spiro atoms. The Morgan fingerprint density at radius 2 is 2.14 bits per heavy atom. The second-order valence-corrected chi connectivity index (χ2v) is 6.90. The summed E-state index contributed by atoms with van der Waals surface area (Å²) >= 11 is 0. The summed E-state index contributed by atoms with van der Waals surface area (Å²) in [5.41, 5.74) is 1.44. The minimum atomic E-state index is -3.48. The van der Waals surface area contributed by atoms with E-state index in [0.29, 0.717) is 23.6 Å². The van der Waals surface area contributed by atoms with Crippen LogP contribution in [0, 0.1) is 0 Å². The standard InChI is InChI=1S/C15H16N2O4S/c1-20-12-6-3-5-11(9-12)14-10-13(15-7-4-8-21-15)16-17(14)22(2,18)19/h3-9,14H,10H2,1-2H3/t14-/m0/s1. The molecule has 0 radical (unpaired) electrons. The van der Waals surface area contributed by atoms with Crippen LogP contribution in [0.5, 0.6) is 5.75 Å². The van der Waals surface area contributed by atoms with Crippen LogP contribution in [0.3, 0.4) is 0 Å². The van der Waals surface area contributed by atoms with Crippen molar-refractivity contribution in [2.45, 2.75) is 12.5 Å². The molecule has 3 rings (SSSR count). The maximum Gasteiger partial charge on any atom is 0.247 e. The van der Waals surface area contributed by atoms with E-state index >= 15 is 0 Å². The lowest BCUT2D eigenvalue weighted by Crippen LogP contribution is -2.25. The van der Waals surface area contributed by atoms with Gasteiger partial charge in [0.1, 0.15) is 17.2 Å². The molecular formula is C15H16N2O4S. The monoisotopic (exact) mass is 320 g/mol. The van der Waals surface area contributed by atoms with Gasteiger partial charge in [0.2, 0.25) is 10.0 Å². The summed E-state index contributed by atoms with van der Waals surface area (Å²) < 4.78 is 35.8. The SMILES string of the molecule is COc1cccc([C@@H]2CC(c3ccco3)=NN2S(C)(=O)=O)c1. The van der Waals surface area contributed by atoms with Gasteiger partial charge in [-0.1, -0.05) is 12.1 Å². The second-order valence-electron chi connectivity index (χ2n) is 5.06. The Labute approximate surface area is 129 Å². The number of methoxy groups -OCH3 is 1. The molecule has 0 unspecified atom stereocenters. The Morgan fingerprint density at radius 1 is 1.32 bits per heavy atom. The summed E-state index contributed by atoms with van der Waals surface area (Å²) in [7, 11) is -1.90. The lowest BCUT2D eigenvalue weighted by atomic mass is 10.0. The highest BCUT2D eigenvalue weighted by Crippen LogP contribution is 2.35. The van der Waals surface area contributed by atoms with Crippen molar-refractivity contribution in [2.24, 2.45) is 5.10 Å². The zero-order valence-corrected chi connectivity index (χ0v) is 13.1. The highest BCUT2D eigenvalue weighted by Gasteiger charge is 2.35. The summed E-state index contributed by atoms with van der Waals surface area (Å²) in [6.45, 7) is 0. The summed E-state index contributed by atoms with van der Waals surface area (Å²) in [4.78, 5) is 0. The molecule has 0 bridgehead atoms. The fourth-order valence-electron chi connectivity index (χ4n) is 2.48. The van der Waals surface area contributed by atoms with Gasteiger partial charge in [-0.2, -0.15) is 9.52 Å². The molecule has 1 atom stereocenters. The molecule has 1 aromatic carbocycles. The van der Waals surface area contributed by atoms with Crippen LogP contribution in [0.1, 0.15) is 23.8 Å². The minimum absolute atomic E-state index is 0.398. The predicted molar refractivity (Wildman–Crippen MR) is 82.3 cm³/mol. The van der Waals surface area contributed by atoms with Gasteiger partial charge in [0, 0.05) is 6.42 Å². The van der Waals surface area contributed by atoms with E-state index in [1.807, 2.05) is 24.3 Å². The third kappa shape index (κ3) is 2.71. The molecule has 2 heterocycles. The molecule has 0 aliphatic carbocycles. The zero-order valence-electron chi connectivity index (χ0n) is 12.3. The highest BCUT2D eigenvalue weighted by atomic mass is 32.2. The summed E-state index contributed by atoms with van der Waals surface area (Å²) in [6.07, 6.45) is 3.14. The molecule has 1 aliphatic rings. The molecule has 116 valence electrons. The largest absolute Gasteiger partial charge is 0.497 e. The first-order valence-electron chi connectivity index (χ1n) is 6.74. The number of ether oxygens (including phenoxy) is 1. The molecule has 0 amide bonds. The quantitative estimate of drug-likeness (QED) is 0.867. The van der Waals surface area contributed by atoms with Gasteiger partial charge < -0.3 is 9.15 Å². The van der Waals surface area contributed by atoms with Crippen LogP contribution < -0.4 is 4.74 Å². The number of hydrogen-bond acceptors (Lipinski definition) is 5. The molecule has 0 saturated heterocycles. The van der Waals surface area contributed by atoms with Crippen molar-refractivity contribution in [3.8, 4) is 5.75 Å². The first-order chi connectivity index (χ1) is 10.5. The Kier molecular flexibility index (Phi) is 3.66. The number of hydrogen-bond donors (Lipinski definition) is 0. The molecule has 1 aliphatic heterocycles. The molecule has 0 N–H and O–H groups in total. The molecular weight excluding hydrogens is 304 g/mol. The number of furan rings is 1. The van der Waals surface area contributed by atoms with Crippen molar-refractivity contribution >= 4 is 15.7 Å². The van der Waals surface area contributed by atoms with E-state index in [1.54, 1.807) is 25.5 Å². The minimum Gasteiger partial charge on any atom is -0.497 e. The molecule has 1 aromatic heterocycles. The Bertz CT molecular complexity index is 797. The Balaban J connectivity index is 2.00. The smallest absolute Gasteiger partial charge is 0.247 e. The van der Waals surface area contributed by atoms with Gasteiger partial charge >= 0.3 is 0 Å². The molecule has 2 aromatic rings. The third-order valence-electron chi connectivity index (χ3n) is 3.50. The van der Waals surface area contributed by atoms with Crippen molar-refractivity contribution < 1.29 is 17.6 Å². The van der Waals surface area contributed by atoms with Crippen LogP contribution in [0.4, 0.5) is 0 Å². The highest BCUT2D eigenvalue weighted by molar-refractivity contribution is 7.88. The zero-order chi connectivity index (χ0) is 15.7. The van der Waals surface area contributed by atoms with Gasteiger partial charge in [0.25, 0.3) is 0 Å². The number of sulfonamides is 1. The van der Waals surface area contributed by atoms with E-state index in [-0.39, 0.29) is 0 Å². The van der Waals surface area contributed by atoms with Gasteiger partial charge in [-0.25, -0.2) is 8.42 Å². The molecule has 22 heavy (non-hydrogen) atoms. The average molecular weight is 320 g/mol. The van der Waals surface area contributed by atoms with Crippen molar-refractivity contribution in [1.29, 1.82) is 0 Å². The normalized spacial score (nSPS) is 18.4. The van der Waals surface area contributed by atoms with Crippen molar-refractivity contribution in [2.75, 3.05) is 13.4 Å². The van der Waals surface area contributed by atoms with Crippen molar-refractivity contribution in [3.63, 3.8) is 0 Å². The lowest BCUT2D eigenvalue weighted by molar-refractivity contribution is 0.371. The first kappa shape index (κ1) is 14.6. The Morgan fingerprint density at radius 3 is 2.77 bits per heavy atom. The van der Waals surface area contributed by atoms with Gasteiger partial charge in [-0.3, -0.25) is 0 Å². The Hall–Kier alpha value is -2.28. The second kappa shape index (κ2) is 5.49. The summed E-state index contributed by atoms with van der Waals surface area (Å²) in [5.74, 6) is 1.26. The van der Waals surface area contributed by atoms with Gasteiger partial charge in [-0.05, 0) is 29.8 Å². The molecule has 0 fully saturated rings. The fourth-order valence-corrected chi connectivity index (χ4v) is 3.39. The van der Waals surface area contributed by atoms with Crippen LogP contribution in [0.25, 0.3) is 0 Å². The lowest BCUT2D eigenvalue weighted by Gasteiger charge is -2.21. The predicted octanol–water partition coefficient (Wildman–Crippen LogP) is 2.40. The van der Waals surface area contributed by atoms with Gasteiger partial charge in [-0.15, -0.1) is 0 Å². The van der Waals surface area contributed by atoms with Crippen LogP contribution in [-0.4, -0.2) is 31.9 Å². The van der Waals surface area contributed by atoms with Crippen molar-refractivity contribution in [1.82, 2.24) is 4.41 Å². The number of rotatable bonds is 4. The fraction of sp³-hybridized carbons (Fsp3) is 0.267. The first-order valence-corrected chi connectivity index (χ1v) is 8.58. The number of benzene rings is 1. The van der Waals surface area contributed by atoms with Gasteiger partial charge in [0.05, 0.1) is 25.7 Å². The van der Waals surface area contributed by atoms with Crippen molar-refractivity contribution in [3.05, 3.63) is 54.0 Å². The topological polar surface area (TPSA) is 72.1 Å². The van der Waals surface area contributed by atoms with E-state index in [1.165, 1.54) is 0 Å². The van der Waals surface area contributed by atoms with E-state index in [9.17, 15) is 8.42 Å². The van der Waals surface area contributed by atoms with Crippen LogP contribution in [-0.2, 0) is 10.0 Å². The number of nitrogens with zero attached hydrogens (tertiary/aromatic N) is 2. The van der Waals surface area contributed by atoms with E-state index in [2.05, 4.69) is 5.10 Å². The molecule has 6 nitrogen and oxygen atoms in total. The molecule has 7 heteroatoms. The summed E-state index contributed by atoms with van der Waals surface area (Å²) in [5, 5.41) is 4.24. The third-order valence-corrected chi connectivity index (χ3v) is 4.51. The average Bonchev–Trinajstić information content (AvgIpc) is 3.15. The van der Waals surface area contributed by atoms with E-state index < -0.39 is 16.1 Å². The van der Waals surface area contributed by atoms with Gasteiger partial charge in [0.15, 0.2) is 0 Å². The number of hydrazone groups is 1. The maximum atomic E-state index is 12.0. The van der Waals surface area contributed by atoms with Crippen LogP contribution in [0.15, 0.2) is 52.2 Å². The van der Waals surface area contributed by atoms with E-state index in [0.717, 1.165) is 16.2 Å². The maximum absolute atomic E-state index is 12.0. The van der Waals surface area contributed by atoms with E-state index in [4.69, 9.17) is 9.15 Å². The summed E-state index contributed by atoms with van der Waals surface area (Å²) in [6, 6.07) is 10.5. The molecule has 0 saturated carbocycles.